The summed E-state index contributed by atoms with van der Waals surface area (Å²) in [5, 5.41) is 2.67. The van der Waals surface area contributed by atoms with Gasteiger partial charge in [0, 0.05) is 95.9 Å². The molecule has 0 bridgehead atoms. The Morgan fingerprint density at radius 1 is 0.455 bits per heavy atom. The van der Waals surface area contributed by atoms with Crippen molar-refractivity contribution in [2.24, 2.45) is 0 Å². The molecule has 2 aromatic heterocycles. The number of para-hydroxylation sites is 1. The predicted molar refractivity (Wildman–Crippen MR) is 470 cm³/mol. The summed E-state index contributed by atoms with van der Waals surface area (Å²) in [6.07, 6.45) is 6.32. The van der Waals surface area contributed by atoms with Crippen LogP contribution < -0.4 is 57.0 Å². The molecule has 0 amide bonds. The Bertz CT molecular complexity index is 7190. The Morgan fingerprint density at radius 2 is 1.15 bits per heavy atom. The van der Waals surface area contributed by atoms with Crippen LogP contribution in [0.15, 0.2) is 180 Å². The first-order chi connectivity index (χ1) is 59.7. The second kappa shape index (κ2) is 23.3. The number of hydrogen-bond acceptors (Lipinski definition) is 7. The molecule has 2 atom stereocenters. The van der Waals surface area contributed by atoms with Crippen LogP contribution in [0.2, 0.25) is 0 Å². The first kappa shape index (κ1) is 52.7. The predicted octanol–water partition coefficient (Wildman–Crippen LogP) is 24.6. The molecule has 6 aliphatic heterocycles. The van der Waals surface area contributed by atoms with Gasteiger partial charge < -0.3 is 28.6 Å². The van der Waals surface area contributed by atoms with E-state index in [1.54, 1.807) is 33.8 Å². The largest absolute Gasteiger partial charge is 0.458 e. The number of thiophene rings is 1. The van der Waals surface area contributed by atoms with Crippen LogP contribution in [-0.2, 0) is 32.5 Å². The van der Waals surface area contributed by atoms with Crippen molar-refractivity contribution in [3.8, 4) is 23.0 Å². The number of nitrogens with zero attached hydrogens (tertiary/aromatic N) is 3. The fourth-order valence-electron chi connectivity index (χ4n) is 19.9. The van der Waals surface area contributed by atoms with Crippen LogP contribution in [0.4, 0.5) is 45.5 Å². The van der Waals surface area contributed by atoms with E-state index in [9.17, 15) is 13.7 Å². The van der Waals surface area contributed by atoms with E-state index in [1.165, 1.54) is 74.9 Å². The van der Waals surface area contributed by atoms with Crippen molar-refractivity contribution in [1.29, 1.82) is 0 Å². The topological polar surface area (TPSA) is 41.3 Å². The van der Waals surface area contributed by atoms with E-state index in [0.717, 1.165) is 86.1 Å². The lowest BCUT2D eigenvalue weighted by molar-refractivity contribution is 0.195. The molecule has 2 aliphatic carbocycles. The molecule has 2 unspecified atom stereocenters. The highest BCUT2D eigenvalue weighted by atomic mass is 32.1. The van der Waals surface area contributed by atoms with Gasteiger partial charge in [-0.15, -0.1) is 11.3 Å². The van der Waals surface area contributed by atoms with Gasteiger partial charge in [-0.25, -0.2) is 0 Å². The van der Waals surface area contributed by atoms with Gasteiger partial charge in [-0.05, 0) is 265 Å². The van der Waals surface area contributed by atoms with Crippen molar-refractivity contribution < 1.29 is 38.6 Å². The summed E-state index contributed by atoms with van der Waals surface area (Å²) < 4.78 is 188. The third-order valence-corrected chi connectivity index (χ3v) is 27.6. The van der Waals surface area contributed by atoms with Crippen LogP contribution in [-0.4, -0.2) is 19.0 Å². The van der Waals surface area contributed by atoms with Crippen molar-refractivity contribution >= 4 is 145 Å². The van der Waals surface area contributed by atoms with Crippen molar-refractivity contribution in [3.63, 3.8) is 0 Å². The summed E-state index contributed by atoms with van der Waals surface area (Å²) in [5.74, 6) is -0.124. The molecule has 0 saturated heterocycles. The number of ether oxygens (including phenoxy) is 2. The van der Waals surface area contributed by atoms with E-state index in [4.69, 9.17) is 24.9 Å². The second-order valence-electron chi connectivity index (χ2n) is 37.5. The SMILES string of the molecule is [2H]C([2H])([2H])c1cc2c3c(c1)N1c4ccc(C(C)(C)C)cc4C(C)(C)c4cc(C(C)(C)C)cc(c41)B3c1cc3c(cc1O2)oc1ccc(N2c4ccccc4C4(C)CCCCC24C)cc13.[2H]c1cc(N2c3c([2H])c([2H])c(C(C)C)c([2H])c3B3c4c(c([2H])c(C([2H])([2H])[2H])c([2H])c42)Oc2c3c([2H])c3c(sc4c([2H])c5c(c([2H])c43)C(C)(C)CCC5(C)C)c2[2H])c([2H])c([2H])c1C(C)C. The third kappa shape index (κ3) is 9.92. The Balaban J connectivity index is 0.000000161. The molecule has 0 spiro atoms. The van der Waals surface area contributed by atoms with E-state index in [1.807, 2.05) is 19.9 Å². The third-order valence-electron chi connectivity index (χ3n) is 26.6. The van der Waals surface area contributed by atoms with E-state index in [-0.39, 0.29) is 160 Å². The van der Waals surface area contributed by atoms with Gasteiger partial charge in [-0.3, -0.25) is 0 Å². The molecule has 1 fully saturated rings. The van der Waals surface area contributed by atoms with Crippen LogP contribution in [0.3, 0.4) is 0 Å². The van der Waals surface area contributed by atoms with E-state index in [0.29, 0.717) is 27.1 Å². The zero-order valence-corrected chi connectivity index (χ0v) is 67.2. The minimum absolute atomic E-state index is 0.0134. The minimum atomic E-state index is -3.10. The highest BCUT2D eigenvalue weighted by Gasteiger charge is 2.58. The Hall–Kier alpha value is -9.43. The first-order valence-electron chi connectivity index (χ1n) is 48.5. The maximum atomic E-state index is 10.2. The average Bonchev–Trinajstić information content (AvgIpc) is 0.741. The number of aryl methyl sites for hydroxylation is 1. The Morgan fingerprint density at radius 3 is 1.91 bits per heavy atom. The molecule has 11 aromatic carbocycles. The average molecular weight is 1480 g/mol. The quantitative estimate of drug-likeness (QED) is 0.164. The van der Waals surface area contributed by atoms with Crippen molar-refractivity contribution in [1.82, 2.24) is 0 Å². The molecule has 21 rings (SSSR count). The molecule has 8 aliphatic rings. The number of benzene rings is 11. The molecule has 552 valence electrons. The maximum absolute atomic E-state index is 10.2. The number of furan rings is 1. The number of hydrogen-bond donors (Lipinski definition) is 0. The van der Waals surface area contributed by atoms with Crippen LogP contribution in [0.1, 0.15) is 261 Å². The fraction of sp³-hybridized carbons (Fsp3) is 0.347. The highest BCUT2D eigenvalue weighted by Crippen LogP contribution is 2.62. The molecule has 0 N–H and O–H groups in total. The van der Waals surface area contributed by atoms with Gasteiger partial charge in [0.1, 0.15) is 34.2 Å². The van der Waals surface area contributed by atoms with Gasteiger partial charge in [0.25, 0.3) is 13.4 Å². The molecule has 0 radical (unpaired) electrons. The van der Waals surface area contributed by atoms with Gasteiger partial charge in [0.15, 0.2) is 0 Å². The van der Waals surface area contributed by atoms with Crippen molar-refractivity contribution in [3.05, 3.63) is 237 Å². The van der Waals surface area contributed by atoms with Gasteiger partial charge in [-0.1, -0.05) is 209 Å². The summed E-state index contributed by atoms with van der Waals surface area (Å²) in [6, 6.07) is 33.6. The molecule has 8 heterocycles. The maximum Gasteiger partial charge on any atom is 0.256 e. The first-order valence-corrected chi connectivity index (χ1v) is 40.3. The van der Waals surface area contributed by atoms with Gasteiger partial charge in [0.2, 0.25) is 0 Å². The molecule has 6 nitrogen and oxygen atoms in total. The van der Waals surface area contributed by atoms with Crippen LogP contribution in [0.25, 0.3) is 42.1 Å². The smallest absolute Gasteiger partial charge is 0.256 e. The van der Waals surface area contributed by atoms with Crippen LogP contribution >= 0.6 is 11.3 Å². The summed E-state index contributed by atoms with van der Waals surface area (Å²) in [4.78, 5) is 6.21. The lowest BCUT2D eigenvalue weighted by Gasteiger charge is -2.50. The van der Waals surface area contributed by atoms with Gasteiger partial charge in [-0.2, -0.15) is 0 Å². The summed E-state index contributed by atoms with van der Waals surface area (Å²) in [7, 11) is 0. The van der Waals surface area contributed by atoms with E-state index in [2.05, 4.69) is 178 Å². The van der Waals surface area contributed by atoms with Gasteiger partial charge in [0.05, 0.1) is 27.7 Å². The number of fused-ring (bicyclic) bond motifs is 20. The summed E-state index contributed by atoms with van der Waals surface area (Å²) >= 11 is 1.10. The molecule has 13 aromatic rings. The zero-order valence-electron chi connectivity index (χ0n) is 84.3. The minimum Gasteiger partial charge on any atom is -0.458 e. The number of rotatable bonds is 4. The summed E-state index contributed by atoms with van der Waals surface area (Å²) in [5.41, 5.74) is 16.2. The normalized spacial score (nSPS) is 22.1. The Kier molecular flexibility index (Phi) is 11.2. The molecular formula is C101H103B2N3O3S. The van der Waals surface area contributed by atoms with Gasteiger partial charge >= 0.3 is 0 Å². The second-order valence-corrected chi connectivity index (χ2v) is 38.5. The standard InChI is InChI=1S/C56H57BN2O2.C45H46BNOS/c1-32-24-45-50-49(25-32)61-48-31-47-37(36-29-35(19-21-46(36)60-47)59-44-17-13-12-16-38(44)55(10)22-14-15-23-56(55,59)11)30-41(48)57(50)42-28-34(53(5,6)7)27-40-51(42)58(45)43-20-18-33(52(2,3)4)26-39(43)54(40,8)9;1-25(2)28-10-13-30(14-11-28)47-37-15-12-29(26(3)4)20-35(37)46-36-22-32-31-21-33-34(45(8,9)17-16-44(33,6)7)23-41(31)49-42(32)24-39(36)48-40-19-27(5)18-38(47)43(40)46/h12-13,16-21,24-31H,14-15,22-23H2,1-11H3;10-15,18-26H,16-17H2,1-9H3/i1D3;5D3,10D,11D,12D,13D,15D,18D,19D,20D,21D,22D,23D,24D. The highest BCUT2D eigenvalue weighted by molar-refractivity contribution is 7.26. The van der Waals surface area contributed by atoms with Crippen LogP contribution in [0, 0.1) is 13.7 Å². The molecule has 9 heteroatoms. The van der Waals surface area contributed by atoms with Crippen molar-refractivity contribution in [2.45, 2.75) is 227 Å². The molecule has 110 heavy (non-hydrogen) atoms. The number of anilines is 8. The monoisotopic (exact) mass is 1480 g/mol. The van der Waals surface area contributed by atoms with E-state index >= 15 is 0 Å². The van der Waals surface area contributed by atoms with Crippen LogP contribution in [0.5, 0.6) is 23.0 Å². The Labute approximate surface area is 681 Å². The lowest BCUT2D eigenvalue weighted by Crippen LogP contribution is -2.61. The van der Waals surface area contributed by atoms with Crippen molar-refractivity contribution in [2.75, 3.05) is 14.7 Å². The fourth-order valence-corrected chi connectivity index (χ4v) is 20.9. The zero-order chi connectivity index (χ0) is 91.9. The lowest BCUT2D eigenvalue weighted by atomic mass is 9.33. The van der Waals surface area contributed by atoms with E-state index < -0.39 is 66.9 Å². The molecular weight excluding hydrogens is 1360 g/mol. The molecule has 1 saturated carbocycles. The summed E-state index contributed by atoms with van der Waals surface area (Å²) in [6.45, 7) is 31.7.